The maximum Gasteiger partial charge on any atom is 0.255 e. The van der Waals surface area contributed by atoms with Crippen molar-refractivity contribution >= 4 is 17.2 Å². The van der Waals surface area contributed by atoms with Crippen molar-refractivity contribution in [3.8, 4) is 28.7 Å². The third-order valence-corrected chi connectivity index (χ3v) is 6.29. The molecule has 1 aromatic carbocycles. The number of hydrogen-bond acceptors (Lipinski definition) is 7. The second-order valence-corrected chi connectivity index (χ2v) is 8.92. The van der Waals surface area contributed by atoms with Crippen molar-refractivity contribution in [1.82, 2.24) is 25.1 Å². The lowest BCUT2D eigenvalue weighted by Crippen LogP contribution is -2.23. The number of nitrogens with one attached hydrogen (secondary N) is 1. The predicted octanol–water partition coefficient (Wildman–Crippen LogP) is 4.26. The van der Waals surface area contributed by atoms with Gasteiger partial charge in [-0.25, -0.2) is 14.6 Å². The number of amides is 1. The van der Waals surface area contributed by atoms with Gasteiger partial charge in [0.1, 0.15) is 0 Å². The third-order valence-electron chi connectivity index (χ3n) is 5.33. The van der Waals surface area contributed by atoms with E-state index in [9.17, 15) is 4.79 Å². The molecule has 3 aromatic heterocycles. The standard InChI is InChI=1S/C24H25N5O3S/c1-14-11-18(16(3)33-14)20-9-10-25-24(28-20)29-15(2)19(13-27-29)23(30)26-12-17-7-6-8-21(31-4)22(17)32-5/h6-11,13H,12H2,1-5H3,(H,26,30). The number of hydrogen-bond donors (Lipinski definition) is 1. The molecule has 1 N–H and O–H groups in total. The second kappa shape index (κ2) is 9.41. The highest BCUT2D eigenvalue weighted by Gasteiger charge is 2.18. The lowest BCUT2D eigenvalue weighted by molar-refractivity contribution is 0.0950. The number of methoxy groups -OCH3 is 2. The highest BCUT2D eigenvalue weighted by molar-refractivity contribution is 7.12. The maximum atomic E-state index is 12.9. The highest BCUT2D eigenvalue weighted by atomic mass is 32.1. The number of thiophene rings is 1. The summed E-state index contributed by atoms with van der Waals surface area (Å²) in [5.41, 5.74) is 3.82. The van der Waals surface area contributed by atoms with Crippen LogP contribution in [-0.2, 0) is 6.54 Å². The summed E-state index contributed by atoms with van der Waals surface area (Å²) in [6.45, 7) is 6.26. The number of nitrogens with zero attached hydrogens (tertiary/aromatic N) is 4. The molecule has 0 radical (unpaired) electrons. The van der Waals surface area contributed by atoms with E-state index >= 15 is 0 Å². The Morgan fingerprint density at radius 2 is 1.97 bits per heavy atom. The fourth-order valence-electron chi connectivity index (χ4n) is 3.68. The zero-order chi connectivity index (χ0) is 23.5. The van der Waals surface area contributed by atoms with Crippen LogP contribution < -0.4 is 14.8 Å². The molecule has 9 heteroatoms. The first-order valence-electron chi connectivity index (χ1n) is 10.4. The van der Waals surface area contributed by atoms with Gasteiger partial charge < -0.3 is 14.8 Å². The molecule has 1 amide bonds. The Morgan fingerprint density at radius 1 is 1.15 bits per heavy atom. The van der Waals surface area contributed by atoms with Gasteiger partial charge in [0.15, 0.2) is 11.5 Å². The van der Waals surface area contributed by atoms with Crippen molar-refractivity contribution in [3.63, 3.8) is 0 Å². The first-order valence-corrected chi connectivity index (χ1v) is 11.2. The van der Waals surface area contributed by atoms with E-state index in [1.807, 2.05) is 31.2 Å². The van der Waals surface area contributed by atoms with E-state index in [0.717, 1.165) is 16.8 Å². The van der Waals surface area contributed by atoms with Crippen LogP contribution in [-0.4, -0.2) is 39.9 Å². The molecule has 0 fully saturated rings. The third kappa shape index (κ3) is 4.45. The molecule has 0 aliphatic rings. The Labute approximate surface area is 196 Å². The fraction of sp³-hybridized carbons (Fsp3) is 0.250. The van der Waals surface area contributed by atoms with Crippen LogP contribution >= 0.6 is 11.3 Å². The summed E-state index contributed by atoms with van der Waals surface area (Å²) in [4.78, 5) is 24.4. The number of para-hydroxylation sites is 1. The highest BCUT2D eigenvalue weighted by Crippen LogP contribution is 2.31. The molecule has 8 nitrogen and oxygen atoms in total. The van der Waals surface area contributed by atoms with Crippen LogP contribution in [0.15, 0.2) is 42.7 Å². The molecule has 4 aromatic rings. The number of aryl methyl sites for hydroxylation is 2. The average Bonchev–Trinajstić information content (AvgIpc) is 3.38. The van der Waals surface area contributed by atoms with Gasteiger partial charge in [-0.05, 0) is 39.0 Å². The first-order chi connectivity index (χ1) is 15.9. The zero-order valence-electron chi connectivity index (χ0n) is 19.2. The van der Waals surface area contributed by atoms with Crippen molar-refractivity contribution in [2.24, 2.45) is 0 Å². The largest absolute Gasteiger partial charge is 0.493 e. The molecule has 0 saturated carbocycles. The molecule has 0 atom stereocenters. The number of ether oxygens (including phenoxy) is 2. The number of carbonyl (C=O) groups is 1. The van der Waals surface area contributed by atoms with Gasteiger partial charge in [-0.15, -0.1) is 11.3 Å². The van der Waals surface area contributed by atoms with E-state index < -0.39 is 0 Å². The topological polar surface area (TPSA) is 91.2 Å². The van der Waals surface area contributed by atoms with Gasteiger partial charge in [0.05, 0.1) is 37.4 Å². The Balaban J connectivity index is 1.56. The van der Waals surface area contributed by atoms with Gasteiger partial charge in [-0.3, -0.25) is 4.79 Å². The molecular formula is C24H25N5O3S. The van der Waals surface area contributed by atoms with Crippen molar-refractivity contribution < 1.29 is 14.3 Å². The smallest absolute Gasteiger partial charge is 0.255 e. The zero-order valence-corrected chi connectivity index (χ0v) is 20.0. The Kier molecular flexibility index (Phi) is 6.41. The number of aromatic nitrogens is 4. The SMILES string of the molecule is COc1cccc(CNC(=O)c2cnn(-c3nccc(-c4cc(C)sc4C)n3)c2C)c1OC. The minimum absolute atomic E-state index is 0.246. The molecule has 33 heavy (non-hydrogen) atoms. The summed E-state index contributed by atoms with van der Waals surface area (Å²) in [6.07, 6.45) is 3.24. The summed E-state index contributed by atoms with van der Waals surface area (Å²) in [5, 5.41) is 7.30. The van der Waals surface area contributed by atoms with Gasteiger partial charge in [-0.2, -0.15) is 5.10 Å². The Hall–Kier alpha value is -3.72. The number of carbonyl (C=O) groups excluding carboxylic acids is 1. The van der Waals surface area contributed by atoms with Crippen LogP contribution in [0.1, 0.15) is 31.4 Å². The number of benzene rings is 1. The monoisotopic (exact) mass is 463 g/mol. The molecule has 0 aliphatic carbocycles. The minimum atomic E-state index is -0.246. The van der Waals surface area contributed by atoms with Gasteiger partial charge in [-0.1, -0.05) is 12.1 Å². The fourth-order valence-corrected chi connectivity index (χ4v) is 4.62. The summed E-state index contributed by atoms with van der Waals surface area (Å²) >= 11 is 1.73. The molecule has 4 rings (SSSR count). The quantitative estimate of drug-likeness (QED) is 0.440. The first kappa shape index (κ1) is 22.5. The molecule has 0 aliphatic heterocycles. The van der Waals surface area contributed by atoms with Crippen LogP contribution in [0, 0.1) is 20.8 Å². The van der Waals surface area contributed by atoms with Gasteiger partial charge >= 0.3 is 0 Å². The normalized spacial score (nSPS) is 10.8. The Morgan fingerprint density at radius 3 is 2.67 bits per heavy atom. The summed E-state index contributed by atoms with van der Waals surface area (Å²) < 4.78 is 12.3. The van der Waals surface area contributed by atoms with Crippen molar-refractivity contribution in [2.75, 3.05) is 14.2 Å². The molecule has 0 bridgehead atoms. The molecule has 0 spiro atoms. The summed E-state index contributed by atoms with van der Waals surface area (Å²) in [5.74, 6) is 1.38. The van der Waals surface area contributed by atoms with Crippen LogP contribution in [0.5, 0.6) is 11.5 Å². The van der Waals surface area contributed by atoms with Crippen LogP contribution in [0.4, 0.5) is 0 Å². The van der Waals surface area contributed by atoms with Crippen molar-refractivity contribution in [1.29, 1.82) is 0 Å². The van der Waals surface area contributed by atoms with E-state index in [0.29, 0.717) is 28.7 Å². The molecule has 170 valence electrons. The maximum absolute atomic E-state index is 12.9. The number of rotatable bonds is 7. The van der Waals surface area contributed by atoms with Crippen LogP contribution in [0.3, 0.4) is 0 Å². The molecular weight excluding hydrogens is 438 g/mol. The van der Waals surface area contributed by atoms with Gasteiger partial charge in [0.2, 0.25) is 0 Å². The van der Waals surface area contributed by atoms with Crippen molar-refractivity contribution in [3.05, 3.63) is 69.3 Å². The van der Waals surface area contributed by atoms with E-state index in [1.165, 1.54) is 16.0 Å². The lowest BCUT2D eigenvalue weighted by atomic mass is 10.1. The van der Waals surface area contributed by atoms with E-state index in [2.05, 4.69) is 35.3 Å². The van der Waals surface area contributed by atoms with E-state index in [1.54, 1.807) is 36.4 Å². The average molecular weight is 464 g/mol. The van der Waals surface area contributed by atoms with Gasteiger partial charge in [0, 0.05) is 33.6 Å². The van der Waals surface area contributed by atoms with Crippen molar-refractivity contribution in [2.45, 2.75) is 27.3 Å². The van der Waals surface area contributed by atoms with E-state index in [-0.39, 0.29) is 12.5 Å². The minimum Gasteiger partial charge on any atom is -0.493 e. The van der Waals surface area contributed by atoms with Crippen LogP contribution in [0.25, 0.3) is 17.2 Å². The van der Waals surface area contributed by atoms with E-state index in [4.69, 9.17) is 14.5 Å². The predicted molar refractivity (Wildman–Crippen MR) is 127 cm³/mol. The molecule has 0 unspecified atom stereocenters. The van der Waals surface area contributed by atoms with Crippen LogP contribution in [0.2, 0.25) is 0 Å². The van der Waals surface area contributed by atoms with Gasteiger partial charge in [0.25, 0.3) is 11.9 Å². The second-order valence-electron chi connectivity index (χ2n) is 7.46. The Bertz CT molecular complexity index is 1310. The summed E-state index contributed by atoms with van der Waals surface area (Å²) in [6, 6.07) is 9.55. The summed E-state index contributed by atoms with van der Waals surface area (Å²) in [7, 11) is 3.15. The lowest BCUT2D eigenvalue weighted by Gasteiger charge is -2.13. The molecule has 0 saturated heterocycles. The molecule has 3 heterocycles.